The van der Waals surface area contributed by atoms with Gasteiger partial charge in [0.05, 0.1) is 18.1 Å². The van der Waals surface area contributed by atoms with Crippen LogP contribution < -0.4 is 5.73 Å². The number of hydrogen-bond donors (Lipinski definition) is 2. The van der Waals surface area contributed by atoms with Gasteiger partial charge in [-0.2, -0.15) is 0 Å². The third-order valence-electron chi connectivity index (χ3n) is 1.13. The van der Waals surface area contributed by atoms with Gasteiger partial charge in [0.2, 0.25) is 0 Å². The van der Waals surface area contributed by atoms with E-state index in [1.165, 1.54) is 12.4 Å². The Bertz CT molecular complexity index is 262. The molecule has 1 aromatic rings. The Kier molecular flexibility index (Phi) is 4.17. The molecule has 1 heterocycles. The zero-order chi connectivity index (χ0) is 8.27. The summed E-state index contributed by atoms with van der Waals surface area (Å²) in [6.07, 6.45) is 2.54. The molecule has 0 amide bonds. The second kappa shape index (κ2) is 4.63. The van der Waals surface area contributed by atoms with Gasteiger partial charge < -0.3 is 10.8 Å². The first-order chi connectivity index (χ1) is 5.24. The van der Waals surface area contributed by atoms with Crippen molar-refractivity contribution < 1.29 is 9.90 Å². The zero-order valence-electron chi connectivity index (χ0n) is 6.10. The van der Waals surface area contributed by atoms with Crippen LogP contribution in [-0.4, -0.2) is 21.0 Å². The van der Waals surface area contributed by atoms with Gasteiger partial charge in [0.1, 0.15) is 0 Å². The van der Waals surface area contributed by atoms with Crippen LogP contribution in [0, 0.1) is 0 Å². The van der Waals surface area contributed by atoms with Gasteiger partial charge in [0.15, 0.2) is 5.69 Å². The summed E-state index contributed by atoms with van der Waals surface area (Å²) in [6, 6.07) is 0. The molecule has 5 nitrogen and oxygen atoms in total. The lowest BCUT2D eigenvalue weighted by Crippen LogP contribution is -2.05. The fourth-order valence-corrected chi connectivity index (χ4v) is 0.571. The maximum Gasteiger partial charge on any atom is 0.356 e. The first-order valence-corrected chi connectivity index (χ1v) is 2.98. The highest BCUT2D eigenvalue weighted by atomic mass is 35.5. The second-order valence-electron chi connectivity index (χ2n) is 1.90. The zero-order valence-corrected chi connectivity index (χ0v) is 6.91. The third kappa shape index (κ3) is 2.44. The molecular formula is C6H8ClN3O2. The van der Waals surface area contributed by atoms with Crippen molar-refractivity contribution in [2.24, 2.45) is 5.73 Å². The smallest absolute Gasteiger partial charge is 0.356 e. The predicted molar refractivity (Wildman–Crippen MR) is 44.1 cm³/mol. The molecule has 0 bridgehead atoms. The van der Waals surface area contributed by atoms with Crippen LogP contribution >= 0.6 is 12.4 Å². The molecule has 0 unspecified atom stereocenters. The van der Waals surface area contributed by atoms with Crippen molar-refractivity contribution >= 4 is 18.4 Å². The lowest BCUT2D eigenvalue weighted by atomic mass is 10.4. The number of nitrogens with two attached hydrogens (primary N) is 1. The Morgan fingerprint density at radius 1 is 1.50 bits per heavy atom. The maximum atomic E-state index is 10.3. The van der Waals surface area contributed by atoms with Gasteiger partial charge in [-0.3, -0.25) is 4.98 Å². The van der Waals surface area contributed by atoms with Crippen LogP contribution in [-0.2, 0) is 6.54 Å². The molecule has 6 heteroatoms. The van der Waals surface area contributed by atoms with Gasteiger partial charge in [-0.05, 0) is 0 Å². The Morgan fingerprint density at radius 2 is 2.17 bits per heavy atom. The van der Waals surface area contributed by atoms with E-state index >= 15 is 0 Å². The van der Waals surface area contributed by atoms with E-state index in [-0.39, 0.29) is 24.6 Å². The molecule has 1 aromatic heterocycles. The van der Waals surface area contributed by atoms with Crippen molar-refractivity contribution in [3.63, 3.8) is 0 Å². The standard InChI is InChI=1S/C6H7N3O2.ClH/c7-1-4-2-9-5(3-8-4)6(10)11;/h2-3H,1,7H2,(H,10,11);1H. The van der Waals surface area contributed by atoms with E-state index < -0.39 is 5.97 Å². The van der Waals surface area contributed by atoms with E-state index in [0.29, 0.717) is 5.69 Å². The van der Waals surface area contributed by atoms with Crippen LogP contribution in [0.1, 0.15) is 16.2 Å². The summed E-state index contributed by atoms with van der Waals surface area (Å²) < 4.78 is 0. The summed E-state index contributed by atoms with van der Waals surface area (Å²) in [5.41, 5.74) is 5.74. The van der Waals surface area contributed by atoms with Crippen molar-refractivity contribution in [1.29, 1.82) is 0 Å². The molecule has 0 aromatic carbocycles. The topological polar surface area (TPSA) is 89.1 Å². The van der Waals surface area contributed by atoms with Gasteiger partial charge in [-0.1, -0.05) is 0 Å². The summed E-state index contributed by atoms with van der Waals surface area (Å²) >= 11 is 0. The number of rotatable bonds is 2. The summed E-state index contributed by atoms with van der Waals surface area (Å²) in [5.74, 6) is -1.08. The summed E-state index contributed by atoms with van der Waals surface area (Å²) in [7, 11) is 0. The maximum absolute atomic E-state index is 10.3. The lowest BCUT2D eigenvalue weighted by Gasteiger charge is -1.94. The summed E-state index contributed by atoms with van der Waals surface area (Å²) in [6.45, 7) is 0.271. The average Bonchev–Trinajstić information content (AvgIpc) is 2.05. The largest absolute Gasteiger partial charge is 0.476 e. The molecule has 0 aliphatic heterocycles. The van der Waals surface area contributed by atoms with Gasteiger partial charge >= 0.3 is 5.97 Å². The predicted octanol–water partition coefficient (Wildman–Crippen LogP) is 0.0553. The molecule has 12 heavy (non-hydrogen) atoms. The van der Waals surface area contributed by atoms with E-state index in [0.717, 1.165) is 0 Å². The Morgan fingerprint density at radius 3 is 2.50 bits per heavy atom. The molecule has 0 fully saturated rings. The highest BCUT2D eigenvalue weighted by Gasteiger charge is 2.02. The summed E-state index contributed by atoms with van der Waals surface area (Å²) in [4.78, 5) is 17.6. The highest BCUT2D eigenvalue weighted by Crippen LogP contribution is 1.93. The molecule has 66 valence electrons. The van der Waals surface area contributed by atoms with Crippen molar-refractivity contribution in [2.75, 3.05) is 0 Å². The van der Waals surface area contributed by atoms with E-state index in [4.69, 9.17) is 10.8 Å². The number of aromatic nitrogens is 2. The monoisotopic (exact) mass is 189 g/mol. The molecule has 0 atom stereocenters. The normalized spacial score (nSPS) is 8.75. The van der Waals surface area contributed by atoms with Crippen LogP contribution in [0.15, 0.2) is 12.4 Å². The van der Waals surface area contributed by atoms with E-state index in [2.05, 4.69) is 9.97 Å². The quantitative estimate of drug-likeness (QED) is 0.687. The SMILES string of the molecule is Cl.NCc1cnc(C(=O)O)cn1. The molecule has 0 spiro atoms. The molecule has 0 aliphatic rings. The van der Waals surface area contributed by atoms with Crippen molar-refractivity contribution in [2.45, 2.75) is 6.54 Å². The molecule has 0 saturated heterocycles. The third-order valence-corrected chi connectivity index (χ3v) is 1.13. The van der Waals surface area contributed by atoms with E-state index in [1.807, 2.05) is 0 Å². The van der Waals surface area contributed by atoms with Crippen molar-refractivity contribution in [3.8, 4) is 0 Å². The summed E-state index contributed by atoms with van der Waals surface area (Å²) in [5, 5.41) is 8.41. The first kappa shape index (κ1) is 10.8. The van der Waals surface area contributed by atoms with E-state index in [1.54, 1.807) is 0 Å². The molecule has 0 saturated carbocycles. The fourth-order valence-electron chi connectivity index (χ4n) is 0.571. The number of aromatic carboxylic acids is 1. The van der Waals surface area contributed by atoms with Crippen LogP contribution in [0.2, 0.25) is 0 Å². The molecule has 3 N–H and O–H groups in total. The van der Waals surface area contributed by atoms with Gasteiger partial charge in [-0.25, -0.2) is 9.78 Å². The number of carbonyl (C=O) groups is 1. The molecule has 0 aliphatic carbocycles. The minimum absolute atomic E-state index is 0. The molecular weight excluding hydrogens is 182 g/mol. The fraction of sp³-hybridized carbons (Fsp3) is 0.167. The number of hydrogen-bond acceptors (Lipinski definition) is 4. The van der Waals surface area contributed by atoms with Gasteiger partial charge in [-0.15, -0.1) is 12.4 Å². The lowest BCUT2D eigenvalue weighted by molar-refractivity contribution is 0.0690. The molecule has 1 rings (SSSR count). The Hall–Kier alpha value is -1.20. The number of nitrogens with zero attached hydrogens (tertiary/aromatic N) is 2. The number of carboxylic acid groups (broad SMARTS) is 1. The highest BCUT2D eigenvalue weighted by molar-refractivity contribution is 5.85. The van der Waals surface area contributed by atoms with Crippen LogP contribution in [0.3, 0.4) is 0 Å². The number of halogens is 1. The minimum atomic E-state index is -1.08. The van der Waals surface area contributed by atoms with Gasteiger partial charge in [0.25, 0.3) is 0 Å². The Balaban J connectivity index is 0.00000121. The van der Waals surface area contributed by atoms with Gasteiger partial charge in [0, 0.05) is 6.54 Å². The van der Waals surface area contributed by atoms with Crippen LogP contribution in [0.25, 0.3) is 0 Å². The van der Waals surface area contributed by atoms with Crippen molar-refractivity contribution in [3.05, 3.63) is 23.8 Å². The second-order valence-corrected chi connectivity index (χ2v) is 1.90. The molecule has 0 radical (unpaired) electrons. The Labute approximate surface area is 75.0 Å². The number of carboxylic acids is 1. The van der Waals surface area contributed by atoms with Crippen LogP contribution in [0.5, 0.6) is 0 Å². The average molecular weight is 190 g/mol. The first-order valence-electron chi connectivity index (χ1n) is 2.98. The van der Waals surface area contributed by atoms with E-state index in [9.17, 15) is 4.79 Å². The van der Waals surface area contributed by atoms with Crippen molar-refractivity contribution in [1.82, 2.24) is 9.97 Å². The minimum Gasteiger partial charge on any atom is -0.476 e. The van der Waals surface area contributed by atoms with Crippen LogP contribution in [0.4, 0.5) is 0 Å².